The van der Waals surface area contributed by atoms with Gasteiger partial charge >= 0.3 is 0 Å². The maximum absolute atomic E-state index is 8.84. The summed E-state index contributed by atoms with van der Waals surface area (Å²) >= 11 is 0. The molecule has 0 saturated carbocycles. The Morgan fingerprint density at radius 2 is 2.25 bits per heavy atom. The van der Waals surface area contributed by atoms with Crippen molar-refractivity contribution in [2.75, 3.05) is 18.5 Å². The van der Waals surface area contributed by atoms with Gasteiger partial charge in [-0.1, -0.05) is 11.3 Å². The molecule has 0 unspecified atom stereocenters. The Morgan fingerprint density at radius 3 is 3.00 bits per heavy atom. The van der Waals surface area contributed by atoms with Crippen LogP contribution in [-0.4, -0.2) is 33.3 Å². The summed E-state index contributed by atoms with van der Waals surface area (Å²) in [5, 5.41) is 20.1. The van der Waals surface area contributed by atoms with Crippen LogP contribution in [0.15, 0.2) is 24.4 Å². The Balaban J connectivity index is 2.02. The van der Waals surface area contributed by atoms with Crippen LogP contribution in [0.3, 0.4) is 0 Å². The molecule has 20 heavy (non-hydrogen) atoms. The van der Waals surface area contributed by atoms with Crippen LogP contribution >= 0.6 is 0 Å². The summed E-state index contributed by atoms with van der Waals surface area (Å²) in [5.41, 5.74) is 2.92. The number of nitrogens with one attached hydrogen (secondary N) is 1. The molecular weight excluding hydrogens is 256 g/mol. The van der Waals surface area contributed by atoms with Crippen LogP contribution in [0.1, 0.15) is 18.2 Å². The molecule has 0 spiro atoms. The highest BCUT2D eigenvalue weighted by Gasteiger charge is 2.05. The van der Waals surface area contributed by atoms with Crippen LogP contribution in [0.2, 0.25) is 0 Å². The first-order valence-corrected chi connectivity index (χ1v) is 6.70. The lowest BCUT2D eigenvalue weighted by molar-refractivity contribution is 0.268. The predicted octanol–water partition coefficient (Wildman–Crippen LogP) is 1.59. The number of aromatic nitrogens is 3. The molecule has 1 aromatic carbocycles. The van der Waals surface area contributed by atoms with Crippen LogP contribution in [-0.2, 0) is 13.1 Å². The molecule has 0 amide bonds. The average Bonchev–Trinajstić information content (AvgIpc) is 2.86. The van der Waals surface area contributed by atoms with Crippen molar-refractivity contribution in [3.05, 3.63) is 35.7 Å². The van der Waals surface area contributed by atoms with Gasteiger partial charge in [-0.3, -0.25) is 0 Å². The molecule has 108 valence electrons. The van der Waals surface area contributed by atoms with E-state index in [9.17, 15) is 0 Å². The first kappa shape index (κ1) is 14.3. The maximum Gasteiger partial charge on any atom is 0.142 e. The molecule has 1 heterocycles. The van der Waals surface area contributed by atoms with Crippen molar-refractivity contribution in [3.63, 3.8) is 0 Å². The zero-order chi connectivity index (χ0) is 14.4. The van der Waals surface area contributed by atoms with Gasteiger partial charge in [0.05, 0.1) is 38.2 Å². The highest BCUT2D eigenvalue weighted by atomic mass is 16.5. The number of nitrogens with zero attached hydrogens (tertiary/aromatic N) is 3. The minimum Gasteiger partial charge on any atom is -0.492 e. The fourth-order valence-corrected chi connectivity index (χ4v) is 1.87. The van der Waals surface area contributed by atoms with E-state index in [-0.39, 0.29) is 6.61 Å². The standard InChI is InChI=1S/C14H20N4O2/c1-3-20-14-8-11(2)4-5-13(14)15-9-12-10-18(6-7-19)17-16-12/h4-5,8,10,15,19H,3,6-7,9H2,1-2H3. The van der Waals surface area contributed by atoms with E-state index < -0.39 is 0 Å². The fourth-order valence-electron chi connectivity index (χ4n) is 1.87. The molecular formula is C14H20N4O2. The van der Waals surface area contributed by atoms with Crippen LogP contribution in [0.25, 0.3) is 0 Å². The van der Waals surface area contributed by atoms with Crippen LogP contribution in [0, 0.1) is 6.92 Å². The lowest BCUT2D eigenvalue weighted by Gasteiger charge is -2.12. The molecule has 2 N–H and O–H groups in total. The Kier molecular flexibility index (Phi) is 4.95. The van der Waals surface area contributed by atoms with Gasteiger partial charge in [0.1, 0.15) is 11.4 Å². The molecule has 0 atom stereocenters. The van der Waals surface area contributed by atoms with Gasteiger partial charge in [0.25, 0.3) is 0 Å². The van der Waals surface area contributed by atoms with Gasteiger partial charge in [-0.15, -0.1) is 5.10 Å². The summed E-state index contributed by atoms with van der Waals surface area (Å²) < 4.78 is 7.23. The van der Waals surface area contributed by atoms with Gasteiger partial charge in [0.15, 0.2) is 0 Å². The Bertz CT molecular complexity index is 554. The van der Waals surface area contributed by atoms with E-state index in [0.717, 1.165) is 22.7 Å². The molecule has 6 nitrogen and oxygen atoms in total. The maximum atomic E-state index is 8.84. The van der Waals surface area contributed by atoms with Crippen molar-refractivity contribution in [1.82, 2.24) is 15.0 Å². The van der Waals surface area contributed by atoms with Crippen LogP contribution < -0.4 is 10.1 Å². The van der Waals surface area contributed by atoms with Crippen molar-refractivity contribution in [1.29, 1.82) is 0 Å². The minimum atomic E-state index is 0.0582. The summed E-state index contributed by atoms with van der Waals surface area (Å²) in [6.45, 7) is 5.71. The molecule has 0 aliphatic carbocycles. The summed E-state index contributed by atoms with van der Waals surface area (Å²) in [7, 11) is 0. The SMILES string of the molecule is CCOc1cc(C)ccc1NCc1cn(CCO)nn1. The molecule has 1 aromatic heterocycles. The highest BCUT2D eigenvalue weighted by molar-refractivity contribution is 5.57. The van der Waals surface area contributed by atoms with Crippen molar-refractivity contribution in [2.45, 2.75) is 26.9 Å². The zero-order valence-corrected chi connectivity index (χ0v) is 11.8. The van der Waals surface area contributed by atoms with E-state index in [0.29, 0.717) is 19.7 Å². The summed E-state index contributed by atoms with van der Waals surface area (Å²) in [6.07, 6.45) is 1.82. The monoisotopic (exact) mass is 276 g/mol. The van der Waals surface area contributed by atoms with E-state index in [1.807, 2.05) is 38.2 Å². The predicted molar refractivity (Wildman–Crippen MR) is 76.8 cm³/mol. The van der Waals surface area contributed by atoms with Crippen LogP contribution in [0.4, 0.5) is 5.69 Å². The average molecular weight is 276 g/mol. The topological polar surface area (TPSA) is 72.2 Å². The van der Waals surface area contributed by atoms with Gasteiger partial charge in [-0.25, -0.2) is 4.68 Å². The lowest BCUT2D eigenvalue weighted by Crippen LogP contribution is -2.03. The molecule has 0 bridgehead atoms. The first-order valence-electron chi connectivity index (χ1n) is 6.70. The third kappa shape index (κ3) is 3.71. The molecule has 2 aromatic rings. The van der Waals surface area contributed by atoms with E-state index >= 15 is 0 Å². The van der Waals surface area contributed by atoms with E-state index in [1.54, 1.807) is 4.68 Å². The number of aryl methyl sites for hydroxylation is 1. The van der Waals surface area contributed by atoms with Gasteiger partial charge in [-0.05, 0) is 31.5 Å². The van der Waals surface area contributed by atoms with Gasteiger partial charge in [-0.2, -0.15) is 0 Å². The summed E-state index contributed by atoms with van der Waals surface area (Å²) in [6, 6.07) is 6.04. The number of anilines is 1. The van der Waals surface area contributed by atoms with E-state index in [1.165, 1.54) is 0 Å². The summed E-state index contributed by atoms with van der Waals surface area (Å²) in [4.78, 5) is 0. The largest absolute Gasteiger partial charge is 0.492 e. The van der Waals surface area contributed by atoms with Gasteiger partial charge in [0.2, 0.25) is 0 Å². The van der Waals surface area contributed by atoms with E-state index in [2.05, 4.69) is 15.6 Å². The smallest absolute Gasteiger partial charge is 0.142 e. The quantitative estimate of drug-likeness (QED) is 0.803. The highest BCUT2D eigenvalue weighted by Crippen LogP contribution is 2.26. The second-order valence-electron chi connectivity index (χ2n) is 4.48. The molecule has 0 fully saturated rings. The van der Waals surface area contributed by atoms with Crippen molar-refractivity contribution < 1.29 is 9.84 Å². The normalized spacial score (nSPS) is 10.6. The molecule has 6 heteroatoms. The number of rotatable bonds is 7. The van der Waals surface area contributed by atoms with E-state index in [4.69, 9.17) is 9.84 Å². The molecule has 0 aliphatic heterocycles. The Labute approximate surface area is 118 Å². The van der Waals surface area contributed by atoms with Crippen molar-refractivity contribution in [3.8, 4) is 5.75 Å². The van der Waals surface area contributed by atoms with Gasteiger partial charge in [0, 0.05) is 0 Å². The lowest BCUT2D eigenvalue weighted by atomic mass is 10.2. The van der Waals surface area contributed by atoms with Crippen molar-refractivity contribution >= 4 is 5.69 Å². The number of aliphatic hydroxyl groups is 1. The number of hydrogen-bond acceptors (Lipinski definition) is 5. The second kappa shape index (κ2) is 6.91. The Hall–Kier alpha value is -2.08. The third-order valence-electron chi connectivity index (χ3n) is 2.81. The molecule has 0 radical (unpaired) electrons. The zero-order valence-electron chi connectivity index (χ0n) is 11.8. The molecule has 0 aliphatic rings. The second-order valence-corrected chi connectivity index (χ2v) is 4.48. The summed E-state index contributed by atoms with van der Waals surface area (Å²) in [5.74, 6) is 0.843. The van der Waals surface area contributed by atoms with Crippen molar-refractivity contribution in [2.24, 2.45) is 0 Å². The number of ether oxygens (including phenoxy) is 1. The fraction of sp³-hybridized carbons (Fsp3) is 0.429. The number of aliphatic hydroxyl groups excluding tert-OH is 1. The van der Waals surface area contributed by atoms with Gasteiger partial charge < -0.3 is 15.2 Å². The Morgan fingerprint density at radius 1 is 1.40 bits per heavy atom. The first-order chi connectivity index (χ1) is 9.72. The minimum absolute atomic E-state index is 0.0582. The number of benzene rings is 1. The number of hydrogen-bond donors (Lipinski definition) is 2. The third-order valence-corrected chi connectivity index (χ3v) is 2.81. The molecule has 0 saturated heterocycles. The molecule has 2 rings (SSSR count). The van der Waals surface area contributed by atoms with Crippen LogP contribution in [0.5, 0.6) is 5.75 Å².